The van der Waals surface area contributed by atoms with Crippen LogP contribution in [-0.2, 0) is 6.42 Å². The van der Waals surface area contributed by atoms with Gasteiger partial charge in [-0.1, -0.05) is 30.3 Å². The second-order valence-electron chi connectivity index (χ2n) is 6.57. The van der Waals surface area contributed by atoms with Crippen molar-refractivity contribution in [2.24, 2.45) is 0 Å². The third kappa shape index (κ3) is 5.51. The van der Waals surface area contributed by atoms with Gasteiger partial charge in [-0.25, -0.2) is 0 Å². The van der Waals surface area contributed by atoms with Crippen molar-refractivity contribution in [3.05, 3.63) is 89.7 Å². The van der Waals surface area contributed by atoms with Crippen molar-refractivity contribution in [2.45, 2.75) is 19.8 Å². The number of nitrogens with one attached hydrogen (secondary N) is 2. The predicted molar refractivity (Wildman–Crippen MR) is 112 cm³/mol. The van der Waals surface area contributed by atoms with Crippen molar-refractivity contribution >= 4 is 23.1 Å². The number of carbonyl (C=O) groups is 2. The lowest BCUT2D eigenvalue weighted by Gasteiger charge is -2.09. The SMILES string of the molecule is CC(=O)c1ccc(NC(=O)c2cncc(NCCCc3ccccc3)c2)cc1. The van der Waals surface area contributed by atoms with E-state index >= 15 is 0 Å². The second kappa shape index (κ2) is 9.46. The van der Waals surface area contributed by atoms with Gasteiger partial charge in [0.2, 0.25) is 0 Å². The topological polar surface area (TPSA) is 71.1 Å². The van der Waals surface area contributed by atoms with Crippen LogP contribution in [0.5, 0.6) is 0 Å². The molecule has 0 spiro atoms. The second-order valence-corrected chi connectivity index (χ2v) is 6.57. The molecule has 0 fully saturated rings. The Morgan fingerprint density at radius 2 is 1.64 bits per heavy atom. The van der Waals surface area contributed by atoms with Gasteiger partial charge in [0.05, 0.1) is 11.3 Å². The molecule has 1 aromatic heterocycles. The predicted octanol–water partition coefficient (Wildman–Crippen LogP) is 4.58. The molecule has 0 radical (unpaired) electrons. The fourth-order valence-electron chi connectivity index (χ4n) is 2.82. The minimum Gasteiger partial charge on any atom is -0.384 e. The molecule has 0 aliphatic heterocycles. The summed E-state index contributed by atoms with van der Waals surface area (Å²) in [6, 6.07) is 19.0. The van der Waals surface area contributed by atoms with Crippen molar-refractivity contribution in [3.63, 3.8) is 0 Å². The average molecular weight is 373 g/mol. The van der Waals surface area contributed by atoms with Gasteiger partial charge in [0.25, 0.3) is 5.91 Å². The number of ketones is 1. The highest BCUT2D eigenvalue weighted by Crippen LogP contribution is 2.14. The number of anilines is 2. The van der Waals surface area contributed by atoms with Crippen LogP contribution in [0.3, 0.4) is 0 Å². The molecule has 3 rings (SSSR count). The van der Waals surface area contributed by atoms with Crippen molar-refractivity contribution in [2.75, 3.05) is 17.2 Å². The lowest BCUT2D eigenvalue weighted by Crippen LogP contribution is -2.13. The third-order valence-corrected chi connectivity index (χ3v) is 4.36. The minimum atomic E-state index is -0.240. The van der Waals surface area contributed by atoms with E-state index in [1.165, 1.54) is 18.7 Å². The number of pyridine rings is 1. The average Bonchev–Trinajstić information content (AvgIpc) is 2.72. The number of amides is 1. The maximum absolute atomic E-state index is 12.5. The molecule has 1 amide bonds. The zero-order chi connectivity index (χ0) is 19.8. The van der Waals surface area contributed by atoms with Gasteiger partial charge in [-0.3, -0.25) is 14.6 Å². The molecule has 5 heteroatoms. The number of benzene rings is 2. The summed E-state index contributed by atoms with van der Waals surface area (Å²) in [5, 5.41) is 6.14. The molecular weight excluding hydrogens is 350 g/mol. The molecule has 28 heavy (non-hydrogen) atoms. The summed E-state index contributed by atoms with van der Waals surface area (Å²) in [5.74, 6) is -0.246. The molecule has 0 aliphatic carbocycles. The molecule has 2 aromatic carbocycles. The number of hydrogen-bond acceptors (Lipinski definition) is 4. The maximum Gasteiger partial charge on any atom is 0.257 e. The van der Waals surface area contributed by atoms with Crippen LogP contribution in [-0.4, -0.2) is 23.2 Å². The molecule has 3 aromatic rings. The van der Waals surface area contributed by atoms with Crippen LogP contribution in [0.25, 0.3) is 0 Å². The van der Waals surface area contributed by atoms with Gasteiger partial charge in [0.15, 0.2) is 5.78 Å². The van der Waals surface area contributed by atoms with E-state index in [1.54, 1.807) is 36.5 Å². The summed E-state index contributed by atoms with van der Waals surface area (Å²) in [5.41, 5.74) is 3.85. The highest BCUT2D eigenvalue weighted by Gasteiger charge is 2.08. The number of aromatic nitrogens is 1. The summed E-state index contributed by atoms with van der Waals surface area (Å²) >= 11 is 0. The Labute approximate surface area is 164 Å². The van der Waals surface area contributed by atoms with E-state index in [-0.39, 0.29) is 11.7 Å². The Bertz CT molecular complexity index is 938. The fourth-order valence-corrected chi connectivity index (χ4v) is 2.82. The van der Waals surface area contributed by atoms with Crippen LogP contribution < -0.4 is 10.6 Å². The van der Waals surface area contributed by atoms with Crippen LogP contribution in [0.2, 0.25) is 0 Å². The van der Waals surface area contributed by atoms with Gasteiger partial charge in [-0.2, -0.15) is 0 Å². The highest BCUT2D eigenvalue weighted by molar-refractivity contribution is 6.04. The minimum absolute atomic E-state index is 0.00637. The number of nitrogens with zero attached hydrogens (tertiary/aromatic N) is 1. The Hall–Kier alpha value is -3.47. The number of carbonyl (C=O) groups excluding carboxylic acids is 2. The van der Waals surface area contributed by atoms with Crippen LogP contribution in [0, 0.1) is 0 Å². The van der Waals surface area contributed by atoms with E-state index in [1.807, 2.05) is 18.2 Å². The van der Waals surface area contributed by atoms with Crippen molar-refractivity contribution in [1.29, 1.82) is 0 Å². The fraction of sp³-hybridized carbons (Fsp3) is 0.174. The van der Waals surface area contributed by atoms with Crippen LogP contribution in [0.15, 0.2) is 73.1 Å². The molecule has 2 N–H and O–H groups in total. The van der Waals surface area contributed by atoms with E-state index in [0.717, 1.165) is 25.1 Å². The molecule has 0 bridgehead atoms. The van der Waals surface area contributed by atoms with Gasteiger partial charge in [-0.05, 0) is 55.7 Å². The molecule has 0 atom stereocenters. The van der Waals surface area contributed by atoms with Gasteiger partial charge in [-0.15, -0.1) is 0 Å². The van der Waals surface area contributed by atoms with Gasteiger partial charge >= 0.3 is 0 Å². The summed E-state index contributed by atoms with van der Waals surface area (Å²) < 4.78 is 0. The largest absolute Gasteiger partial charge is 0.384 e. The van der Waals surface area contributed by atoms with Crippen LogP contribution in [0.4, 0.5) is 11.4 Å². The Morgan fingerprint density at radius 3 is 2.36 bits per heavy atom. The third-order valence-electron chi connectivity index (χ3n) is 4.36. The first kappa shape index (κ1) is 19.3. The van der Waals surface area contributed by atoms with E-state index < -0.39 is 0 Å². The Morgan fingerprint density at radius 1 is 0.893 bits per heavy atom. The quantitative estimate of drug-likeness (QED) is 0.448. The first-order chi connectivity index (χ1) is 13.6. The normalized spacial score (nSPS) is 10.3. The Balaban J connectivity index is 1.53. The summed E-state index contributed by atoms with van der Waals surface area (Å²) in [6.07, 6.45) is 5.23. The smallest absolute Gasteiger partial charge is 0.257 e. The van der Waals surface area contributed by atoms with E-state index in [0.29, 0.717) is 16.8 Å². The van der Waals surface area contributed by atoms with Gasteiger partial charge < -0.3 is 10.6 Å². The summed E-state index contributed by atoms with van der Waals surface area (Å²) in [4.78, 5) is 27.9. The standard InChI is InChI=1S/C23H23N3O2/c1-17(27)19-9-11-21(12-10-19)26-23(28)20-14-22(16-24-15-20)25-13-5-8-18-6-3-2-4-7-18/h2-4,6-7,9-12,14-16,25H,5,8,13H2,1H3,(H,26,28). The number of rotatable bonds is 8. The summed E-state index contributed by atoms with van der Waals surface area (Å²) in [6.45, 7) is 2.31. The first-order valence-corrected chi connectivity index (χ1v) is 9.27. The lowest BCUT2D eigenvalue weighted by atomic mass is 10.1. The van der Waals surface area contributed by atoms with Crippen LogP contribution in [0.1, 0.15) is 39.6 Å². The Kier molecular flexibility index (Phi) is 6.52. The van der Waals surface area contributed by atoms with Gasteiger partial charge in [0.1, 0.15) is 0 Å². The molecule has 142 valence electrons. The number of Topliss-reactive ketones (excluding diaryl/α,β-unsaturated/α-hetero) is 1. The van der Waals surface area contributed by atoms with Crippen molar-refractivity contribution in [1.82, 2.24) is 4.98 Å². The van der Waals surface area contributed by atoms with Gasteiger partial charge in [0, 0.05) is 30.2 Å². The van der Waals surface area contributed by atoms with E-state index in [2.05, 4.69) is 27.8 Å². The molecule has 5 nitrogen and oxygen atoms in total. The van der Waals surface area contributed by atoms with E-state index in [9.17, 15) is 9.59 Å². The van der Waals surface area contributed by atoms with Crippen molar-refractivity contribution < 1.29 is 9.59 Å². The first-order valence-electron chi connectivity index (χ1n) is 9.27. The maximum atomic E-state index is 12.5. The zero-order valence-corrected chi connectivity index (χ0v) is 15.8. The molecule has 0 saturated heterocycles. The molecular formula is C23H23N3O2. The number of hydrogen-bond donors (Lipinski definition) is 2. The summed E-state index contributed by atoms with van der Waals surface area (Å²) in [7, 11) is 0. The molecule has 1 heterocycles. The monoisotopic (exact) mass is 373 g/mol. The highest BCUT2D eigenvalue weighted by atomic mass is 16.1. The zero-order valence-electron chi connectivity index (χ0n) is 15.8. The molecule has 0 aliphatic rings. The number of aryl methyl sites for hydroxylation is 1. The van der Waals surface area contributed by atoms with Crippen molar-refractivity contribution in [3.8, 4) is 0 Å². The molecule has 0 unspecified atom stereocenters. The van der Waals surface area contributed by atoms with E-state index in [4.69, 9.17) is 0 Å². The van der Waals surface area contributed by atoms with Crippen LogP contribution >= 0.6 is 0 Å². The lowest BCUT2D eigenvalue weighted by molar-refractivity contribution is 0.101. The molecule has 0 saturated carbocycles.